The minimum Gasteiger partial charge on any atom is -0.0772 e. The van der Waals surface area contributed by atoms with Crippen LogP contribution in [0.3, 0.4) is 0 Å². The maximum Gasteiger partial charge on any atom is -0.00917 e. The van der Waals surface area contributed by atoms with Crippen LogP contribution < -0.4 is 0 Å². The molecule has 1 heteroatoms. The summed E-state index contributed by atoms with van der Waals surface area (Å²) >= 11 is 2.24. The van der Waals surface area contributed by atoms with Gasteiger partial charge in [-0.2, -0.15) is 0 Å². The first-order chi connectivity index (χ1) is 6.33. The van der Waals surface area contributed by atoms with Crippen molar-refractivity contribution < 1.29 is 0 Å². The van der Waals surface area contributed by atoms with Gasteiger partial charge in [0.2, 0.25) is 0 Å². The van der Waals surface area contributed by atoms with Gasteiger partial charge >= 0.3 is 0 Å². The first-order valence-electron chi connectivity index (χ1n) is 4.30. The number of rotatable bonds is 3. The van der Waals surface area contributed by atoms with E-state index in [1.54, 1.807) is 0 Å². The molecule has 0 fully saturated rings. The van der Waals surface area contributed by atoms with Gasteiger partial charge in [-0.15, -0.1) is 0 Å². The van der Waals surface area contributed by atoms with Crippen LogP contribution >= 0.6 is 22.6 Å². The molecule has 0 aliphatic carbocycles. The van der Waals surface area contributed by atoms with Crippen molar-refractivity contribution in [2.75, 3.05) is 0 Å². The Balaban J connectivity index is 2.56. The summed E-state index contributed by atoms with van der Waals surface area (Å²) in [4.78, 5) is 0. The Kier molecular flexibility index (Phi) is 4.83. The molecular weight excluding hydrogens is 271 g/mol. The van der Waals surface area contributed by atoms with Crippen molar-refractivity contribution >= 4 is 22.6 Å². The second-order valence-electron chi connectivity index (χ2n) is 2.93. The van der Waals surface area contributed by atoms with Crippen LogP contribution in [0.15, 0.2) is 52.1 Å². The Morgan fingerprint density at radius 2 is 2.00 bits per heavy atom. The fourth-order valence-corrected chi connectivity index (χ4v) is 1.63. The molecule has 0 bridgehead atoms. The molecule has 1 aromatic carbocycles. The standard InChI is InChI=1S/C12H13I/c1-11(9-10-13)7-8-12-5-3-2-4-6-12/h2-7,9-10H,8H2,1H3. The van der Waals surface area contributed by atoms with Crippen LogP contribution in [0.2, 0.25) is 0 Å². The van der Waals surface area contributed by atoms with E-state index in [-0.39, 0.29) is 0 Å². The number of allylic oxidation sites excluding steroid dienone is 3. The van der Waals surface area contributed by atoms with E-state index in [0.29, 0.717) is 0 Å². The Hall–Kier alpha value is -0.570. The molecule has 0 unspecified atom stereocenters. The van der Waals surface area contributed by atoms with E-state index in [1.807, 2.05) is 10.1 Å². The van der Waals surface area contributed by atoms with Gasteiger partial charge in [-0.25, -0.2) is 0 Å². The fourth-order valence-electron chi connectivity index (χ4n) is 1.06. The van der Waals surface area contributed by atoms with Crippen LogP contribution in [0.4, 0.5) is 0 Å². The molecule has 0 spiro atoms. The van der Waals surface area contributed by atoms with E-state index < -0.39 is 0 Å². The van der Waals surface area contributed by atoms with Gasteiger partial charge in [-0.3, -0.25) is 0 Å². The smallest absolute Gasteiger partial charge is 0.00917 e. The summed E-state index contributed by atoms with van der Waals surface area (Å²) in [5.41, 5.74) is 2.68. The topological polar surface area (TPSA) is 0 Å². The number of hydrogen-bond donors (Lipinski definition) is 0. The minimum absolute atomic E-state index is 1.02. The minimum atomic E-state index is 1.02. The summed E-state index contributed by atoms with van der Waals surface area (Å²) < 4.78 is 2.04. The summed E-state index contributed by atoms with van der Waals surface area (Å²) in [6.45, 7) is 2.12. The summed E-state index contributed by atoms with van der Waals surface area (Å²) in [5.74, 6) is 0. The summed E-state index contributed by atoms with van der Waals surface area (Å²) in [6.07, 6.45) is 5.38. The quantitative estimate of drug-likeness (QED) is 0.578. The van der Waals surface area contributed by atoms with Crippen molar-refractivity contribution in [2.24, 2.45) is 0 Å². The fraction of sp³-hybridized carbons (Fsp3) is 0.167. The van der Waals surface area contributed by atoms with Crippen LogP contribution in [-0.4, -0.2) is 0 Å². The van der Waals surface area contributed by atoms with E-state index in [0.717, 1.165) is 6.42 Å². The molecule has 0 atom stereocenters. The third-order valence-corrected chi connectivity index (χ3v) is 2.19. The van der Waals surface area contributed by atoms with Gasteiger partial charge in [-0.05, 0) is 23.0 Å². The molecule has 0 N–H and O–H groups in total. The predicted octanol–water partition coefficient (Wildman–Crippen LogP) is 4.12. The van der Waals surface area contributed by atoms with E-state index >= 15 is 0 Å². The van der Waals surface area contributed by atoms with Crippen LogP contribution in [0.25, 0.3) is 0 Å². The van der Waals surface area contributed by atoms with Crippen molar-refractivity contribution in [2.45, 2.75) is 13.3 Å². The van der Waals surface area contributed by atoms with Gasteiger partial charge < -0.3 is 0 Å². The third-order valence-electron chi connectivity index (χ3n) is 1.83. The van der Waals surface area contributed by atoms with Crippen molar-refractivity contribution in [3.63, 3.8) is 0 Å². The van der Waals surface area contributed by atoms with Gasteiger partial charge in [0.05, 0.1) is 0 Å². The van der Waals surface area contributed by atoms with Crippen molar-refractivity contribution in [1.82, 2.24) is 0 Å². The second-order valence-corrected chi connectivity index (χ2v) is 3.65. The van der Waals surface area contributed by atoms with Crippen molar-refractivity contribution in [1.29, 1.82) is 0 Å². The maximum absolute atomic E-state index is 2.24. The Labute approximate surface area is 93.5 Å². The van der Waals surface area contributed by atoms with Gasteiger partial charge in [0.25, 0.3) is 0 Å². The zero-order valence-electron chi connectivity index (χ0n) is 7.70. The van der Waals surface area contributed by atoms with Crippen molar-refractivity contribution in [3.05, 3.63) is 57.7 Å². The largest absolute Gasteiger partial charge is 0.0772 e. The molecule has 0 heterocycles. The average Bonchev–Trinajstić information content (AvgIpc) is 2.17. The summed E-state index contributed by atoms with van der Waals surface area (Å²) in [6, 6.07) is 10.5. The molecule has 0 aliphatic heterocycles. The molecule has 1 rings (SSSR count). The van der Waals surface area contributed by atoms with Gasteiger partial charge in [0.15, 0.2) is 0 Å². The molecule has 0 amide bonds. The lowest BCUT2D eigenvalue weighted by atomic mass is 10.1. The summed E-state index contributed by atoms with van der Waals surface area (Å²) in [7, 11) is 0. The third kappa shape index (κ3) is 4.27. The highest BCUT2D eigenvalue weighted by molar-refractivity contribution is 14.1. The second kappa shape index (κ2) is 5.97. The maximum atomic E-state index is 2.24. The van der Waals surface area contributed by atoms with Gasteiger partial charge in [0.1, 0.15) is 0 Å². The first kappa shape index (κ1) is 10.5. The molecule has 68 valence electrons. The lowest BCUT2D eigenvalue weighted by Gasteiger charge is -1.95. The van der Waals surface area contributed by atoms with E-state index in [9.17, 15) is 0 Å². The number of halogens is 1. The average molecular weight is 284 g/mol. The highest BCUT2D eigenvalue weighted by Gasteiger charge is 1.87. The van der Waals surface area contributed by atoms with E-state index in [1.165, 1.54) is 11.1 Å². The lowest BCUT2D eigenvalue weighted by molar-refractivity contribution is 1.24. The van der Waals surface area contributed by atoms with Gasteiger partial charge in [0, 0.05) is 0 Å². The highest BCUT2D eigenvalue weighted by Crippen LogP contribution is 2.04. The van der Waals surface area contributed by atoms with Crippen LogP contribution in [0, 0.1) is 0 Å². The molecule has 0 saturated heterocycles. The molecule has 13 heavy (non-hydrogen) atoms. The predicted molar refractivity (Wildman–Crippen MR) is 67.1 cm³/mol. The Bertz CT molecular complexity index is 296. The number of hydrogen-bond acceptors (Lipinski definition) is 0. The van der Waals surface area contributed by atoms with Crippen LogP contribution in [0.1, 0.15) is 12.5 Å². The van der Waals surface area contributed by atoms with E-state index in [2.05, 4.69) is 65.9 Å². The van der Waals surface area contributed by atoms with Crippen LogP contribution in [0.5, 0.6) is 0 Å². The molecule has 0 saturated carbocycles. The number of benzene rings is 1. The molecule has 0 aromatic heterocycles. The summed E-state index contributed by atoms with van der Waals surface area (Å²) in [5, 5.41) is 0. The normalized spacial score (nSPS) is 12.3. The SMILES string of the molecule is CC(C=CI)=CCc1ccccc1. The zero-order chi connectivity index (χ0) is 9.52. The van der Waals surface area contributed by atoms with Gasteiger partial charge in [-0.1, -0.05) is 70.6 Å². The molecule has 0 aliphatic rings. The molecular formula is C12H13I. The Morgan fingerprint density at radius 3 is 2.62 bits per heavy atom. The monoisotopic (exact) mass is 284 g/mol. The highest BCUT2D eigenvalue weighted by atomic mass is 127. The first-order valence-corrected chi connectivity index (χ1v) is 5.55. The van der Waals surface area contributed by atoms with E-state index in [4.69, 9.17) is 0 Å². The van der Waals surface area contributed by atoms with Crippen molar-refractivity contribution in [3.8, 4) is 0 Å². The molecule has 0 radical (unpaired) electrons. The molecule has 1 aromatic rings. The van der Waals surface area contributed by atoms with Crippen LogP contribution in [-0.2, 0) is 6.42 Å². The zero-order valence-corrected chi connectivity index (χ0v) is 9.86. The Morgan fingerprint density at radius 1 is 1.31 bits per heavy atom. The molecule has 0 nitrogen and oxygen atoms in total. The lowest BCUT2D eigenvalue weighted by Crippen LogP contribution is -1.79.